The highest BCUT2D eigenvalue weighted by molar-refractivity contribution is 5.66. The van der Waals surface area contributed by atoms with E-state index in [2.05, 4.69) is 0 Å². The lowest BCUT2D eigenvalue weighted by atomic mass is 9.85. The average Bonchev–Trinajstić information content (AvgIpc) is 2.43. The summed E-state index contributed by atoms with van der Waals surface area (Å²) in [5.74, 6) is -9.68. The first-order chi connectivity index (χ1) is 9.64. The Balaban J connectivity index is 2.74. The van der Waals surface area contributed by atoms with Gasteiger partial charge in [0.2, 0.25) is 5.82 Å². The first-order valence-corrected chi connectivity index (χ1v) is 6.27. The predicted octanol–water partition coefficient (Wildman–Crippen LogP) is 5.35. The van der Waals surface area contributed by atoms with Gasteiger partial charge in [-0.25, -0.2) is 22.0 Å². The largest absolute Gasteiger partial charge is 0.203 e. The van der Waals surface area contributed by atoms with Crippen LogP contribution in [-0.2, 0) is 5.41 Å². The molecule has 0 radical (unpaired) electrons. The molecule has 0 nitrogen and oxygen atoms in total. The van der Waals surface area contributed by atoms with Crippen LogP contribution >= 0.6 is 0 Å². The van der Waals surface area contributed by atoms with Crippen molar-refractivity contribution >= 4 is 0 Å². The highest BCUT2D eigenvalue weighted by atomic mass is 19.2. The predicted molar refractivity (Wildman–Crippen MR) is 70.4 cm³/mol. The Morgan fingerprint density at radius 1 is 0.714 bits per heavy atom. The van der Waals surface area contributed by atoms with Crippen molar-refractivity contribution in [2.24, 2.45) is 0 Å². The van der Waals surface area contributed by atoms with Gasteiger partial charge in [0.1, 0.15) is 0 Å². The van der Waals surface area contributed by atoms with Crippen LogP contribution in [0.15, 0.2) is 24.3 Å². The van der Waals surface area contributed by atoms with Gasteiger partial charge in [-0.3, -0.25) is 0 Å². The van der Waals surface area contributed by atoms with Crippen molar-refractivity contribution in [3.05, 3.63) is 58.9 Å². The minimum atomic E-state index is -2.15. The lowest BCUT2D eigenvalue weighted by Crippen LogP contribution is -2.11. The maximum absolute atomic E-state index is 13.8. The van der Waals surface area contributed by atoms with E-state index in [-0.39, 0.29) is 11.0 Å². The second-order valence-electron chi connectivity index (χ2n) is 5.78. The number of halogens is 5. The Labute approximate surface area is 119 Å². The fraction of sp³-hybridized carbons (Fsp3) is 0.250. The molecule has 0 heterocycles. The van der Waals surface area contributed by atoms with Crippen LogP contribution < -0.4 is 0 Å². The molecule has 0 bridgehead atoms. The lowest BCUT2D eigenvalue weighted by Gasteiger charge is -2.20. The summed E-state index contributed by atoms with van der Waals surface area (Å²) in [6.07, 6.45) is 0. The molecule has 5 heteroatoms. The molecule has 0 N–H and O–H groups in total. The van der Waals surface area contributed by atoms with E-state index < -0.39 is 34.6 Å². The van der Waals surface area contributed by atoms with E-state index in [0.717, 1.165) is 5.56 Å². The van der Waals surface area contributed by atoms with Crippen LogP contribution in [0.2, 0.25) is 0 Å². The number of hydrogen-bond acceptors (Lipinski definition) is 0. The van der Waals surface area contributed by atoms with Gasteiger partial charge in [-0.2, -0.15) is 0 Å². The Morgan fingerprint density at radius 2 is 1.19 bits per heavy atom. The topological polar surface area (TPSA) is 0 Å². The fourth-order valence-electron chi connectivity index (χ4n) is 2.00. The molecular formula is C16H13F5. The van der Waals surface area contributed by atoms with Crippen molar-refractivity contribution in [2.75, 3.05) is 0 Å². The van der Waals surface area contributed by atoms with Crippen LogP contribution in [0.4, 0.5) is 22.0 Å². The smallest absolute Gasteiger partial charge is 0.200 e. The number of benzene rings is 2. The summed E-state index contributed by atoms with van der Waals surface area (Å²) >= 11 is 0. The van der Waals surface area contributed by atoms with Gasteiger partial charge in [-0.1, -0.05) is 45.0 Å². The van der Waals surface area contributed by atoms with Crippen molar-refractivity contribution in [1.82, 2.24) is 0 Å². The molecular weight excluding hydrogens is 287 g/mol. The van der Waals surface area contributed by atoms with Gasteiger partial charge >= 0.3 is 0 Å². The van der Waals surface area contributed by atoms with E-state index >= 15 is 0 Å². The van der Waals surface area contributed by atoms with E-state index in [9.17, 15) is 22.0 Å². The molecule has 112 valence electrons. The molecule has 0 aromatic heterocycles. The third kappa shape index (κ3) is 2.64. The minimum Gasteiger partial charge on any atom is -0.203 e. The second-order valence-corrected chi connectivity index (χ2v) is 5.78. The molecule has 2 aromatic rings. The zero-order chi connectivity index (χ0) is 15.9. The Hall–Kier alpha value is -1.91. The van der Waals surface area contributed by atoms with Crippen LogP contribution in [-0.4, -0.2) is 0 Å². The lowest BCUT2D eigenvalue weighted by molar-refractivity contribution is 0.381. The van der Waals surface area contributed by atoms with Gasteiger partial charge in [0.15, 0.2) is 23.3 Å². The first-order valence-electron chi connectivity index (χ1n) is 6.27. The van der Waals surface area contributed by atoms with Crippen LogP contribution in [0, 0.1) is 29.1 Å². The zero-order valence-electron chi connectivity index (χ0n) is 11.7. The summed E-state index contributed by atoms with van der Waals surface area (Å²) in [6.45, 7) is 5.64. The van der Waals surface area contributed by atoms with Crippen molar-refractivity contribution in [1.29, 1.82) is 0 Å². The molecule has 0 aliphatic heterocycles. The van der Waals surface area contributed by atoms with E-state index in [0.29, 0.717) is 0 Å². The van der Waals surface area contributed by atoms with Crippen LogP contribution in [0.5, 0.6) is 0 Å². The maximum Gasteiger partial charge on any atom is 0.200 e. The molecule has 0 saturated heterocycles. The van der Waals surface area contributed by atoms with Crippen molar-refractivity contribution < 1.29 is 22.0 Å². The third-order valence-electron chi connectivity index (χ3n) is 3.23. The van der Waals surface area contributed by atoms with Crippen LogP contribution in [0.3, 0.4) is 0 Å². The SMILES string of the molecule is CC(C)(C)c1cccc(-c2c(F)c(F)c(F)c(F)c2F)c1. The summed E-state index contributed by atoms with van der Waals surface area (Å²) < 4.78 is 67.2. The third-order valence-corrected chi connectivity index (χ3v) is 3.23. The number of hydrogen-bond donors (Lipinski definition) is 0. The molecule has 0 unspecified atom stereocenters. The van der Waals surface area contributed by atoms with E-state index in [1.807, 2.05) is 20.8 Å². The van der Waals surface area contributed by atoms with Gasteiger partial charge < -0.3 is 0 Å². The van der Waals surface area contributed by atoms with Gasteiger partial charge in [0.05, 0.1) is 5.56 Å². The Bertz CT molecular complexity index is 670. The standard InChI is InChI=1S/C16H13F5/c1-16(2,3)9-6-4-5-8(7-9)10-11(17)13(19)15(21)14(20)12(10)18/h4-7H,1-3H3. The molecule has 2 rings (SSSR count). The summed E-state index contributed by atoms with van der Waals surface area (Å²) in [7, 11) is 0. The van der Waals surface area contributed by atoms with Gasteiger partial charge in [-0.05, 0) is 16.5 Å². The quantitative estimate of drug-likeness (QED) is 0.378. The summed E-state index contributed by atoms with van der Waals surface area (Å²) in [5, 5.41) is 0. The minimum absolute atomic E-state index is 0.0461. The monoisotopic (exact) mass is 300 g/mol. The summed E-state index contributed by atoms with van der Waals surface area (Å²) in [4.78, 5) is 0. The molecule has 21 heavy (non-hydrogen) atoms. The van der Waals surface area contributed by atoms with E-state index in [1.165, 1.54) is 18.2 Å². The normalized spacial score (nSPS) is 11.8. The van der Waals surface area contributed by atoms with Gasteiger partial charge in [0.25, 0.3) is 0 Å². The molecule has 2 aromatic carbocycles. The molecule has 0 spiro atoms. The fourth-order valence-corrected chi connectivity index (χ4v) is 2.00. The van der Waals surface area contributed by atoms with Crippen LogP contribution in [0.25, 0.3) is 11.1 Å². The molecule has 0 aliphatic rings. The summed E-state index contributed by atoms with van der Waals surface area (Å²) in [5.41, 5.74) is -0.545. The van der Waals surface area contributed by atoms with Crippen LogP contribution in [0.1, 0.15) is 26.3 Å². The first kappa shape index (κ1) is 15.5. The molecule has 0 atom stereocenters. The highest BCUT2D eigenvalue weighted by Gasteiger charge is 2.27. The molecule has 0 amide bonds. The molecule has 0 fully saturated rings. The average molecular weight is 300 g/mol. The number of rotatable bonds is 1. The maximum atomic E-state index is 13.8. The van der Waals surface area contributed by atoms with Gasteiger partial charge in [0, 0.05) is 0 Å². The van der Waals surface area contributed by atoms with E-state index in [4.69, 9.17) is 0 Å². The summed E-state index contributed by atoms with van der Waals surface area (Å²) in [6, 6.07) is 6.00. The van der Waals surface area contributed by atoms with Gasteiger partial charge in [-0.15, -0.1) is 0 Å². The molecule has 0 aliphatic carbocycles. The van der Waals surface area contributed by atoms with Crippen molar-refractivity contribution in [3.63, 3.8) is 0 Å². The highest BCUT2D eigenvalue weighted by Crippen LogP contribution is 2.33. The molecule has 0 saturated carbocycles. The Kier molecular flexibility index (Phi) is 3.78. The van der Waals surface area contributed by atoms with Crippen molar-refractivity contribution in [2.45, 2.75) is 26.2 Å². The zero-order valence-corrected chi connectivity index (χ0v) is 11.7. The van der Waals surface area contributed by atoms with E-state index in [1.54, 1.807) is 6.07 Å². The second kappa shape index (κ2) is 5.13. The van der Waals surface area contributed by atoms with Crippen molar-refractivity contribution in [3.8, 4) is 11.1 Å². The Morgan fingerprint density at radius 3 is 1.67 bits per heavy atom.